The van der Waals surface area contributed by atoms with Crippen molar-refractivity contribution >= 4 is 33.0 Å². The van der Waals surface area contributed by atoms with E-state index in [1.54, 1.807) is 19.1 Å². The molecule has 0 unspecified atom stereocenters. The largest absolute Gasteiger partial charge is 0.491 e. The minimum atomic E-state index is -3.06. The number of halogens is 2. The third kappa shape index (κ3) is 6.43. The van der Waals surface area contributed by atoms with Crippen LogP contribution in [0.4, 0.5) is 0 Å². The van der Waals surface area contributed by atoms with Gasteiger partial charge in [-0.3, -0.25) is 0 Å². The molecule has 0 atom stereocenters. The molecule has 0 heterocycles. The SMILES string of the molecule is CCS(=O)(=O)CCOc1c(Cl)cc(Cl)cc1CNC(C)C. The minimum Gasteiger partial charge on any atom is -0.491 e. The zero-order valence-electron chi connectivity index (χ0n) is 12.4. The zero-order valence-corrected chi connectivity index (χ0v) is 14.8. The summed E-state index contributed by atoms with van der Waals surface area (Å²) in [5, 5.41) is 4.17. The Morgan fingerprint density at radius 3 is 2.52 bits per heavy atom. The monoisotopic (exact) mass is 353 g/mol. The quantitative estimate of drug-likeness (QED) is 0.778. The van der Waals surface area contributed by atoms with Gasteiger partial charge in [0.05, 0.1) is 10.8 Å². The van der Waals surface area contributed by atoms with Crippen LogP contribution >= 0.6 is 23.2 Å². The summed E-state index contributed by atoms with van der Waals surface area (Å²) in [5.41, 5.74) is 0.815. The van der Waals surface area contributed by atoms with E-state index in [0.717, 1.165) is 5.56 Å². The lowest BCUT2D eigenvalue weighted by Crippen LogP contribution is -2.22. The Morgan fingerprint density at radius 2 is 1.95 bits per heavy atom. The van der Waals surface area contributed by atoms with Gasteiger partial charge in [0.1, 0.15) is 12.4 Å². The van der Waals surface area contributed by atoms with Gasteiger partial charge in [-0.25, -0.2) is 8.42 Å². The zero-order chi connectivity index (χ0) is 16.0. The molecule has 0 fully saturated rings. The summed E-state index contributed by atoms with van der Waals surface area (Å²) >= 11 is 12.2. The summed E-state index contributed by atoms with van der Waals surface area (Å²) in [5.74, 6) is 0.562. The van der Waals surface area contributed by atoms with Crippen molar-refractivity contribution in [2.75, 3.05) is 18.1 Å². The Morgan fingerprint density at radius 1 is 1.29 bits per heavy atom. The van der Waals surface area contributed by atoms with E-state index < -0.39 is 9.84 Å². The van der Waals surface area contributed by atoms with Gasteiger partial charge in [-0.15, -0.1) is 0 Å². The number of hydrogen-bond acceptors (Lipinski definition) is 4. The van der Waals surface area contributed by atoms with Gasteiger partial charge < -0.3 is 10.1 Å². The van der Waals surface area contributed by atoms with Crippen LogP contribution in [0.1, 0.15) is 26.3 Å². The van der Waals surface area contributed by atoms with Crippen molar-refractivity contribution in [3.8, 4) is 5.75 Å². The van der Waals surface area contributed by atoms with Crippen molar-refractivity contribution in [2.45, 2.75) is 33.4 Å². The summed E-state index contributed by atoms with van der Waals surface area (Å²) in [6, 6.07) is 3.66. The fraction of sp³-hybridized carbons (Fsp3) is 0.571. The van der Waals surface area contributed by atoms with Crippen LogP contribution in [0.2, 0.25) is 10.0 Å². The lowest BCUT2D eigenvalue weighted by Gasteiger charge is -2.15. The van der Waals surface area contributed by atoms with Gasteiger partial charge in [0.15, 0.2) is 9.84 Å². The van der Waals surface area contributed by atoms with Crippen molar-refractivity contribution in [2.24, 2.45) is 0 Å². The topological polar surface area (TPSA) is 55.4 Å². The van der Waals surface area contributed by atoms with E-state index in [9.17, 15) is 8.42 Å². The van der Waals surface area contributed by atoms with E-state index >= 15 is 0 Å². The normalized spacial score (nSPS) is 11.9. The van der Waals surface area contributed by atoms with Gasteiger partial charge >= 0.3 is 0 Å². The maximum atomic E-state index is 11.5. The first kappa shape index (κ1) is 18.6. The molecule has 0 aliphatic rings. The highest BCUT2D eigenvalue weighted by atomic mass is 35.5. The number of sulfone groups is 1. The van der Waals surface area contributed by atoms with Crippen LogP contribution in [-0.2, 0) is 16.4 Å². The van der Waals surface area contributed by atoms with Gasteiger partial charge in [-0.2, -0.15) is 0 Å². The molecule has 0 aliphatic heterocycles. The van der Waals surface area contributed by atoms with Crippen LogP contribution in [0.5, 0.6) is 5.75 Å². The van der Waals surface area contributed by atoms with E-state index in [1.165, 1.54) is 0 Å². The number of hydrogen-bond donors (Lipinski definition) is 1. The Balaban J connectivity index is 2.84. The van der Waals surface area contributed by atoms with E-state index in [0.29, 0.717) is 28.4 Å². The fourth-order valence-electron chi connectivity index (χ4n) is 1.64. The van der Waals surface area contributed by atoms with Gasteiger partial charge in [0.2, 0.25) is 0 Å². The van der Waals surface area contributed by atoms with E-state index in [2.05, 4.69) is 5.32 Å². The first-order valence-corrected chi connectivity index (χ1v) is 9.37. The molecule has 4 nitrogen and oxygen atoms in total. The Bertz CT molecular complexity index is 574. The predicted molar refractivity (Wildman–Crippen MR) is 88.3 cm³/mol. The number of nitrogens with one attached hydrogen (secondary N) is 1. The fourth-order valence-corrected chi connectivity index (χ4v) is 2.85. The molecule has 1 aromatic carbocycles. The van der Waals surface area contributed by atoms with Gasteiger partial charge in [0, 0.05) is 28.9 Å². The third-order valence-corrected chi connectivity index (χ3v) is 5.03. The van der Waals surface area contributed by atoms with Gasteiger partial charge in [-0.05, 0) is 12.1 Å². The molecular formula is C14H21Cl2NO3S. The molecule has 0 aliphatic carbocycles. The lowest BCUT2D eigenvalue weighted by atomic mass is 10.2. The molecule has 0 aromatic heterocycles. The number of rotatable bonds is 8. The summed E-state index contributed by atoms with van der Waals surface area (Å²) in [6.45, 7) is 6.30. The summed E-state index contributed by atoms with van der Waals surface area (Å²) < 4.78 is 28.5. The van der Waals surface area contributed by atoms with Crippen molar-refractivity contribution in [3.63, 3.8) is 0 Å². The molecule has 0 saturated heterocycles. The van der Waals surface area contributed by atoms with Crippen molar-refractivity contribution < 1.29 is 13.2 Å². The highest BCUT2D eigenvalue weighted by Crippen LogP contribution is 2.32. The molecule has 0 radical (unpaired) electrons. The molecular weight excluding hydrogens is 333 g/mol. The van der Waals surface area contributed by atoms with Crippen LogP contribution in [0, 0.1) is 0 Å². The van der Waals surface area contributed by atoms with Crippen molar-refractivity contribution in [1.29, 1.82) is 0 Å². The van der Waals surface area contributed by atoms with Gasteiger partial charge in [0.25, 0.3) is 0 Å². The average Bonchev–Trinajstić information content (AvgIpc) is 2.38. The van der Waals surface area contributed by atoms with E-state index in [4.69, 9.17) is 27.9 Å². The molecule has 0 amide bonds. The van der Waals surface area contributed by atoms with E-state index in [-0.39, 0.29) is 18.1 Å². The first-order valence-electron chi connectivity index (χ1n) is 6.79. The average molecular weight is 354 g/mol. The molecule has 1 aromatic rings. The Hall–Kier alpha value is -0.490. The second-order valence-electron chi connectivity index (χ2n) is 5.00. The maximum absolute atomic E-state index is 11.5. The highest BCUT2D eigenvalue weighted by molar-refractivity contribution is 7.91. The lowest BCUT2D eigenvalue weighted by molar-refractivity contribution is 0.336. The maximum Gasteiger partial charge on any atom is 0.153 e. The molecule has 120 valence electrons. The summed E-state index contributed by atoms with van der Waals surface area (Å²) in [7, 11) is -3.06. The number of benzene rings is 1. The second-order valence-corrected chi connectivity index (χ2v) is 8.31. The Labute approximate surface area is 136 Å². The number of ether oxygens (including phenoxy) is 1. The standard InChI is InChI=1S/C14H21Cl2NO3S/c1-4-21(18,19)6-5-20-14-11(9-17-10(2)3)7-12(15)8-13(14)16/h7-8,10,17H,4-6,9H2,1-3H3. The van der Waals surface area contributed by atoms with Gasteiger partial charge in [-0.1, -0.05) is 44.0 Å². The smallest absolute Gasteiger partial charge is 0.153 e. The predicted octanol–water partition coefficient (Wildman–Crippen LogP) is 3.30. The van der Waals surface area contributed by atoms with Crippen molar-refractivity contribution in [1.82, 2.24) is 5.32 Å². The van der Waals surface area contributed by atoms with E-state index in [1.807, 2.05) is 13.8 Å². The minimum absolute atomic E-state index is 0.0283. The summed E-state index contributed by atoms with van der Waals surface area (Å²) in [6.07, 6.45) is 0. The first-order chi connectivity index (χ1) is 9.75. The summed E-state index contributed by atoms with van der Waals surface area (Å²) in [4.78, 5) is 0. The van der Waals surface area contributed by atoms with Crippen molar-refractivity contribution in [3.05, 3.63) is 27.7 Å². The Kier molecular flexibility index (Phi) is 7.27. The molecule has 1 N–H and O–H groups in total. The van der Waals surface area contributed by atoms with Crippen LogP contribution in [0.15, 0.2) is 12.1 Å². The molecule has 0 bridgehead atoms. The van der Waals surface area contributed by atoms with Crippen LogP contribution in [0.25, 0.3) is 0 Å². The molecule has 1 rings (SSSR count). The highest BCUT2D eigenvalue weighted by Gasteiger charge is 2.13. The van der Waals surface area contributed by atoms with Crippen LogP contribution < -0.4 is 10.1 Å². The molecule has 7 heteroatoms. The molecule has 0 saturated carbocycles. The molecule has 0 spiro atoms. The van der Waals surface area contributed by atoms with Crippen LogP contribution in [-0.4, -0.2) is 32.6 Å². The second kappa shape index (κ2) is 8.22. The van der Waals surface area contributed by atoms with Crippen LogP contribution in [0.3, 0.4) is 0 Å². The molecule has 21 heavy (non-hydrogen) atoms. The third-order valence-electron chi connectivity index (χ3n) is 2.87.